The van der Waals surface area contributed by atoms with E-state index < -0.39 is 6.04 Å². The van der Waals surface area contributed by atoms with Crippen molar-refractivity contribution in [2.75, 3.05) is 0 Å². The number of nitrogens with zero attached hydrogens (tertiary/aromatic N) is 3. The molecule has 1 atom stereocenters. The average Bonchev–Trinajstić information content (AvgIpc) is 3.09. The molecule has 3 aromatic rings. The van der Waals surface area contributed by atoms with E-state index in [0.29, 0.717) is 26.7 Å². The Kier molecular flexibility index (Phi) is 7.75. The minimum absolute atomic E-state index is 0.282. The minimum atomic E-state index is -0.413. The van der Waals surface area contributed by atoms with Gasteiger partial charge < -0.3 is 10.6 Å². The second-order valence-electron chi connectivity index (χ2n) is 8.56. The van der Waals surface area contributed by atoms with E-state index >= 15 is 0 Å². The van der Waals surface area contributed by atoms with Crippen molar-refractivity contribution in [2.24, 2.45) is 0 Å². The van der Waals surface area contributed by atoms with Crippen LogP contribution in [0.1, 0.15) is 50.7 Å². The Bertz CT molecular complexity index is 1110. The molecule has 0 aliphatic rings. The number of carbonyl (C=O) groups excluding carboxylic acids is 1. The molecule has 3 rings (SSSR count). The number of halogens is 2. The summed E-state index contributed by atoms with van der Waals surface area (Å²) in [4.78, 5) is 12.4. The van der Waals surface area contributed by atoms with Crippen molar-refractivity contribution in [3.63, 3.8) is 0 Å². The first-order valence-corrected chi connectivity index (χ1v) is 12.0. The van der Waals surface area contributed by atoms with Crippen molar-refractivity contribution in [1.82, 2.24) is 25.4 Å². The summed E-state index contributed by atoms with van der Waals surface area (Å²) in [6, 6.07) is 12.8. The van der Waals surface area contributed by atoms with E-state index in [4.69, 9.17) is 23.2 Å². The van der Waals surface area contributed by atoms with Crippen molar-refractivity contribution in [1.29, 1.82) is 0 Å². The van der Waals surface area contributed by atoms with Crippen LogP contribution in [0.3, 0.4) is 0 Å². The number of hydrogen-bond donors (Lipinski definition) is 2. The standard InChI is InChI=1S/C23H27Cl2N5OS/c1-14-8-6-7-9-16(14)13-32-22-29-28-20(15(2)26-21(31)27-23(3,4)5)30(22)19-11-10-17(24)12-18(19)25/h6-12,15H,13H2,1-5H3,(H2,26,27,31). The molecule has 0 spiro atoms. The molecule has 0 saturated heterocycles. The van der Waals surface area contributed by atoms with E-state index in [0.717, 1.165) is 5.75 Å². The van der Waals surface area contributed by atoms with Gasteiger partial charge in [-0.3, -0.25) is 4.57 Å². The summed E-state index contributed by atoms with van der Waals surface area (Å²) in [6.45, 7) is 9.72. The van der Waals surface area contributed by atoms with E-state index in [1.165, 1.54) is 11.1 Å². The maximum absolute atomic E-state index is 12.4. The largest absolute Gasteiger partial charge is 0.334 e. The van der Waals surface area contributed by atoms with Gasteiger partial charge in [-0.25, -0.2) is 4.79 Å². The zero-order chi connectivity index (χ0) is 23.5. The Balaban J connectivity index is 1.95. The first kappa shape index (κ1) is 24.4. The Morgan fingerprint density at radius 3 is 2.53 bits per heavy atom. The molecule has 1 aromatic heterocycles. The fraction of sp³-hybridized carbons (Fsp3) is 0.348. The quantitative estimate of drug-likeness (QED) is 0.394. The Hall–Kier alpha value is -2.22. The van der Waals surface area contributed by atoms with Gasteiger partial charge in [0.05, 0.1) is 16.8 Å². The van der Waals surface area contributed by atoms with Crippen LogP contribution in [0.15, 0.2) is 47.6 Å². The fourth-order valence-corrected chi connectivity index (χ4v) is 4.62. The number of aromatic nitrogens is 3. The molecule has 170 valence electrons. The molecule has 0 fully saturated rings. The lowest BCUT2D eigenvalue weighted by Crippen LogP contribution is -2.47. The van der Waals surface area contributed by atoms with Gasteiger partial charge in [0.2, 0.25) is 0 Å². The third-order valence-corrected chi connectivity index (χ3v) is 6.17. The number of carbonyl (C=O) groups is 1. The third-order valence-electron chi connectivity index (χ3n) is 4.65. The van der Waals surface area contributed by atoms with Gasteiger partial charge in [0.25, 0.3) is 0 Å². The van der Waals surface area contributed by atoms with Gasteiger partial charge in [0.15, 0.2) is 11.0 Å². The highest BCUT2D eigenvalue weighted by Crippen LogP contribution is 2.32. The zero-order valence-electron chi connectivity index (χ0n) is 18.7. The summed E-state index contributed by atoms with van der Waals surface area (Å²) in [7, 11) is 0. The average molecular weight is 492 g/mol. The van der Waals surface area contributed by atoms with Crippen molar-refractivity contribution in [2.45, 2.75) is 57.1 Å². The lowest BCUT2D eigenvalue weighted by molar-refractivity contribution is 0.228. The predicted octanol–water partition coefficient (Wildman–Crippen LogP) is 6.33. The molecular formula is C23H27Cl2N5OS. The van der Waals surface area contributed by atoms with Crippen LogP contribution >= 0.6 is 35.0 Å². The van der Waals surface area contributed by atoms with Gasteiger partial charge in [0.1, 0.15) is 0 Å². The number of amides is 2. The molecule has 0 bridgehead atoms. The number of thioether (sulfide) groups is 1. The number of benzene rings is 2. The van der Waals surface area contributed by atoms with E-state index in [9.17, 15) is 4.79 Å². The minimum Gasteiger partial charge on any atom is -0.334 e. The SMILES string of the molecule is Cc1ccccc1CSc1nnc(C(C)NC(=O)NC(C)(C)C)n1-c1ccc(Cl)cc1Cl. The fourth-order valence-electron chi connectivity index (χ4n) is 3.10. The molecule has 0 aliphatic heterocycles. The van der Waals surface area contributed by atoms with Crippen LogP contribution in [0.2, 0.25) is 10.0 Å². The first-order chi connectivity index (χ1) is 15.0. The predicted molar refractivity (Wildman–Crippen MR) is 132 cm³/mol. The lowest BCUT2D eigenvalue weighted by Gasteiger charge is -2.23. The van der Waals surface area contributed by atoms with Crippen LogP contribution in [-0.4, -0.2) is 26.3 Å². The van der Waals surface area contributed by atoms with Gasteiger partial charge in [-0.2, -0.15) is 0 Å². The van der Waals surface area contributed by atoms with Crippen LogP contribution in [0.4, 0.5) is 4.79 Å². The molecule has 32 heavy (non-hydrogen) atoms. The summed E-state index contributed by atoms with van der Waals surface area (Å²) < 4.78 is 1.88. The van der Waals surface area contributed by atoms with Crippen LogP contribution in [-0.2, 0) is 5.75 Å². The van der Waals surface area contributed by atoms with Crippen LogP contribution < -0.4 is 10.6 Å². The number of nitrogens with one attached hydrogen (secondary N) is 2. The maximum atomic E-state index is 12.4. The molecular weight excluding hydrogens is 465 g/mol. The van der Waals surface area contributed by atoms with Gasteiger partial charge in [-0.1, -0.05) is 59.2 Å². The van der Waals surface area contributed by atoms with Crippen molar-refractivity contribution < 1.29 is 4.79 Å². The summed E-state index contributed by atoms with van der Waals surface area (Å²) in [6.07, 6.45) is 0. The summed E-state index contributed by atoms with van der Waals surface area (Å²) in [5.41, 5.74) is 2.77. The number of hydrogen-bond acceptors (Lipinski definition) is 4. The first-order valence-electron chi connectivity index (χ1n) is 10.2. The highest BCUT2D eigenvalue weighted by Gasteiger charge is 2.24. The number of rotatable bonds is 6. The van der Waals surface area contributed by atoms with E-state index in [-0.39, 0.29) is 11.6 Å². The molecule has 0 aliphatic carbocycles. The second kappa shape index (κ2) is 10.1. The lowest BCUT2D eigenvalue weighted by atomic mass is 10.1. The van der Waals surface area contributed by atoms with Crippen molar-refractivity contribution in [3.05, 3.63) is 69.5 Å². The smallest absolute Gasteiger partial charge is 0.315 e. The monoisotopic (exact) mass is 491 g/mol. The Morgan fingerprint density at radius 1 is 1.16 bits per heavy atom. The van der Waals surface area contributed by atoms with Crippen LogP contribution in [0, 0.1) is 6.92 Å². The van der Waals surface area contributed by atoms with E-state index in [2.05, 4.69) is 39.9 Å². The third kappa shape index (κ3) is 6.18. The second-order valence-corrected chi connectivity index (χ2v) is 10.3. The molecule has 1 heterocycles. The molecule has 0 saturated carbocycles. The molecule has 2 amide bonds. The molecule has 2 aromatic carbocycles. The normalized spacial score (nSPS) is 12.5. The number of urea groups is 1. The van der Waals surface area contributed by atoms with Gasteiger partial charge in [-0.05, 0) is 63.9 Å². The topological polar surface area (TPSA) is 71.8 Å². The zero-order valence-corrected chi connectivity index (χ0v) is 21.1. The van der Waals surface area contributed by atoms with Gasteiger partial charge >= 0.3 is 6.03 Å². The van der Waals surface area contributed by atoms with Gasteiger partial charge in [0, 0.05) is 16.3 Å². The van der Waals surface area contributed by atoms with Crippen LogP contribution in [0.25, 0.3) is 5.69 Å². The molecule has 6 nitrogen and oxygen atoms in total. The maximum Gasteiger partial charge on any atom is 0.315 e. The molecule has 9 heteroatoms. The van der Waals surface area contributed by atoms with Crippen molar-refractivity contribution in [3.8, 4) is 5.69 Å². The molecule has 2 N–H and O–H groups in total. The molecule has 1 unspecified atom stereocenters. The Morgan fingerprint density at radius 2 is 1.88 bits per heavy atom. The molecule has 0 radical (unpaired) electrons. The summed E-state index contributed by atoms with van der Waals surface area (Å²) in [5.74, 6) is 1.30. The van der Waals surface area contributed by atoms with E-state index in [1.807, 2.05) is 50.5 Å². The summed E-state index contributed by atoms with van der Waals surface area (Å²) in [5, 5.41) is 16.3. The van der Waals surface area contributed by atoms with E-state index in [1.54, 1.807) is 23.9 Å². The highest BCUT2D eigenvalue weighted by atomic mass is 35.5. The summed E-state index contributed by atoms with van der Waals surface area (Å²) >= 11 is 14.2. The van der Waals surface area contributed by atoms with Gasteiger partial charge in [-0.15, -0.1) is 10.2 Å². The highest BCUT2D eigenvalue weighted by molar-refractivity contribution is 7.98. The van der Waals surface area contributed by atoms with Crippen molar-refractivity contribution >= 4 is 41.0 Å². The Labute approximate surface area is 203 Å². The van der Waals surface area contributed by atoms with Crippen LogP contribution in [0.5, 0.6) is 0 Å². The number of aryl methyl sites for hydroxylation is 1.